The molecule has 0 spiro atoms. The van der Waals surface area contributed by atoms with Gasteiger partial charge in [0, 0.05) is 50.5 Å². The van der Waals surface area contributed by atoms with Gasteiger partial charge in [-0.2, -0.15) is 5.26 Å². The molecule has 4 rings (SSSR count). The van der Waals surface area contributed by atoms with Crippen molar-refractivity contribution in [2.45, 2.75) is 19.4 Å². The van der Waals surface area contributed by atoms with E-state index in [2.05, 4.69) is 20.1 Å². The average Bonchev–Trinajstić information content (AvgIpc) is 3.34. The number of nitriles is 1. The van der Waals surface area contributed by atoms with Crippen molar-refractivity contribution in [3.05, 3.63) is 62.1 Å². The number of likely N-dealkylation sites (tertiary alicyclic amines) is 1. The van der Waals surface area contributed by atoms with E-state index < -0.39 is 4.92 Å². The van der Waals surface area contributed by atoms with Crippen LogP contribution in [0.4, 0.5) is 17.1 Å². The van der Waals surface area contributed by atoms with Crippen molar-refractivity contribution in [2.75, 3.05) is 44.2 Å². The maximum atomic E-state index is 10.9. The minimum atomic E-state index is -0.409. The maximum Gasteiger partial charge on any atom is 0.269 e. The van der Waals surface area contributed by atoms with E-state index in [0.29, 0.717) is 47.9 Å². The van der Waals surface area contributed by atoms with Crippen molar-refractivity contribution in [1.29, 1.82) is 5.26 Å². The van der Waals surface area contributed by atoms with Crippen LogP contribution in [0.3, 0.4) is 0 Å². The van der Waals surface area contributed by atoms with E-state index in [0.717, 1.165) is 30.9 Å². The van der Waals surface area contributed by atoms with Gasteiger partial charge >= 0.3 is 0 Å². The van der Waals surface area contributed by atoms with Gasteiger partial charge in [0.25, 0.3) is 5.69 Å². The lowest BCUT2D eigenvalue weighted by Gasteiger charge is -2.37. The van der Waals surface area contributed by atoms with E-state index in [4.69, 9.17) is 23.2 Å². The normalized spacial score (nSPS) is 17.0. The molecule has 0 radical (unpaired) electrons. The van der Waals surface area contributed by atoms with Crippen LogP contribution in [0.25, 0.3) is 0 Å². The van der Waals surface area contributed by atoms with Gasteiger partial charge in [-0.05, 0) is 55.8 Å². The van der Waals surface area contributed by atoms with Crippen molar-refractivity contribution < 1.29 is 4.92 Å². The number of halogens is 2. The number of nitrogens with zero attached hydrogens (tertiary/aromatic N) is 6. The van der Waals surface area contributed by atoms with Crippen molar-refractivity contribution in [3.8, 4) is 6.19 Å². The first-order valence-electron chi connectivity index (χ1n) is 11.1. The third-order valence-electron chi connectivity index (χ3n) is 6.07. The smallest absolute Gasteiger partial charge is 0.269 e. The van der Waals surface area contributed by atoms with E-state index in [1.54, 1.807) is 12.1 Å². The van der Waals surface area contributed by atoms with Gasteiger partial charge in [-0.15, -0.1) is 0 Å². The summed E-state index contributed by atoms with van der Waals surface area (Å²) in [4.78, 5) is 21.6. The highest BCUT2D eigenvalue weighted by molar-refractivity contribution is 6.39. The van der Waals surface area contributed by atoms with Crippen LogP contribution < -0.4 is 10.2 Å². The molecule has 2 fully saturated rings. The minimum Gasteiger partial charge on any atom is -0.368 e. The van der Waals surface area contributed by atoms with Crippen LogP contribution in [0, 0.1) is 21.6 Å². The Morgan fingerprint density at radius 2 is 1.68 bits per heavy atom. The topological polar surface area (TPSA) is 101 Å². The van der Waals surface area contributed by atoms with E-state index in [1.165, 1.54) is 25.0 Å². The molecule has 2 saturated heterocycles. The first-order valence-corrected chi connectivity index (χ1v) is 11.9. The minimum absolute atomic E-state index is 0.0650. The maximum absolute atomic E-state index is 10.9. The zero-order chi connectivity index (χ0) is 24.1. The highest BCUT2D eigenvalue weighted by Crippen LogP contribution is 2.35. The second kappa shape index (κ2) is 10.9. The van der Waals surface area contributed by atoms with Gasteiger partial charge in [0.05, 0.1) is 15.0 Å². The van der Waals surface area contributed by atoms with Gasteiger partial charge in [-0.3, -0.25) is 20.3 Å². The van der Waals surface area contributed by atoms with Crippen LogP contribution in [-0.4, -0.2) is 60.0 Å². The highest BCUT2D eigenvalue weighted by Gasteiger charge is 2.22. The van der Waals surface area contributed by atoms with Crippen LogP contribution in [0.1, 0.15) is 18.4 Å². The van der Waals surface area contributed by atoms with Crippen LogP contribution in [-0.2, 0) is 6.54 Å². The SMILES string of the molecule is N#CNC(=Nc1c(Cl)cc(CN2CCCC2)cc1Cl)N1CCN(c2ccc([N+](=O)[O-])cc2)CC1. The Kier molecular flexibility index (Phi) is 7.73. The molecule has 0 bridgehead atoms. The predicted octanol–water partition coefficient (Wildman–Crippen LogP) is 4.38. The number of hydrogen-bond donors (Lipinski definition) is 1. The molecule has 11 heteroatoms. The number of benzene rings is 2. The number of guanidine groups is 1. The van der Waals surface area contributed by atoms with Gasteiger partial charge in [-0.1, -0.05) is 23.2 Å². The predicted molar refractivity (Wildman–Crippen MR) is 134 cm³/mol. The van der Waals surface area contributed by atoms with Crippen molar-refractivity contribution >= 4 is 46.2 Å². The zero-order valence-corrected chi connectivity index (χ0v) is 20.1. The van der Waals surface area contributed by atoms with Gasteiger partial charge in [0.1, 0.15) is 5.69 Å². The summed E-state index contributed by atoms with van der Waals surface area (Å²) in [5, 5.41) is 23.7. The Bertz CT molecular complexity index is 1080. The lowest BCUT2D eigenvalue weighted by atomic mass is 10.2. The molecule has 34 heavy (non-hydrogen) atoms. The summed E-state index contributed by atoms with van der Waals surface area (Å²) < 4.78 is 0. The molecule has 2 aromatic carbocycles. The number of aliphatic imine (C=N–C) groups is 1. The summed E-state index contributed by atoms with van der Waals surface area (Å²) in [6.45, 7) is 5.51. The molecule has 1 N–H and O–H groups in total. The molecule has 0 aliphatic carbocycles. The lowest BCUT2D eigenvalue weighted by molar-refractivity contribution is -0.384. The van der Waals surface area contributed by atoms with Crippen molar-refractivity contribution in [3.63, 3.8) is 0 Å². The lowest BCUT2D eigenvalue weighted by Crippen LogP contribution is -2.51. The van der Waals surface area contributed by atoms with Gasteiger partial charge in [0.2, 0.25) is 5.96 Å². The number of non-ortho nitro benzene ring substituents is 1. The number of hydrogen-bond acceptors (Lipinski definition) is 6. The van der Waals surface area contributed by atoms with Crippen LogP contribution in [0.15, 0.2) is 41.4 Å². The molecule has 0 atom stereocenters. The van der Waals surface area contributed by atoms with Gasteiger partial charge < -0.3 is 9.80 Å². The molecule has 0 amide bonds. The van der Waals surface area contributed by atoms with Crippen LogP contribution in [0.2, 0.25) is 10.0 Å². The zero-order valence-electron chi connectivity index (χ0n) is 18.6. The summed E-state index contributed by atoms with van der Waals surface area (Å²) in [6, 6.07) is 10.3. The number of rotatable bonds is 5. The molecular formula is C23H25Cl2N7O2. The van der Waals surface area contributed by atoms with E-state index in [9.17, 15) is 15.4 Å². The Hall–Kier alpha value is -3.06. The van der Waals surface area contributed by atoms with Crippen molar-refractivity contribution in [2.24, 2.45) is 4.99 Å². The fraction of sp³-hybridized carbons (Fsp3) is 0.391. The van der Waals surface area contributed by atoms with E-state index in [-0.39, 0.29) is 5.69 Å². The Morgan fingerprint density at radius 1 is 1.06 bits per heavy atom. The van der Waals surface area contributed by atoms with Crippen molar-refractivity contribution in [1.82, 2.24) is 15.1 Å². The first-order chi connectivity index (χ1) is 16.4. The summed E-state index contributed by atoms with van der Waals surface area (Å²) in [6.07, 6.45) is 4.38. The summed E-state index contributed by atoms with van der Waals surface area (Å²) in [5.41, 5.74) is 2.46. The molecule has 178 valence electrons. The molecular weight excluding hydrogens is 477 g/mol. The quantitative estimate of drug-likeness (QED) is 0.162. The monoisotopic (exact) mass is 501 g/mol. The number of piperazine rings is 1. The summed E-state index contributed by atoms with van der Waals surface area (Å²) in [7, 11) is 0. The first kappa shape index (κ1) is 24.1. The number of nitrogens with one attached hydrogen (secondary N) is 1. The van der Waals surface area contributed by atoms with E-state index in [1.807, 2.05) is 23.2 Å². The average molecular weight is 502 g/mol. The molecule has 2 heterocycles. The second-order valence-electron chi connectivity index (χ2n) is 8.31. The summed E-state index contributed by atoms with van der Waals surface area (Å²) >= 11 is 13.1. The molecule has 9 nitrogen and oxygen atoms in total. The highest BCUT2D eigenvalue weighted by atomic mass is 35.5. The van der Waals surface area contributed by atoms with Gasteiger partial charge in [0.15, 0.2) is 6.19 Å². The number of anilines is 1. The van der Waals surface area contributed by atoms with Gasteiger partial charge in [-0.25, -0.2) is 4.99 Å². The van der Waals surface area contributed by atoms with E-state index >= 15 is 0 Å². The largest absolute Gasteiger partial charge is 0.368 e. The van der Waals surface area contributed by atoms with Crippen LogP contribution >= 0.6 is 23.2 Å². The molecule has 2 aliphatic heterocycles. The third-order valence-corrected chi connectivity index (χ3v) is 6.65. The molecule has 2 aliphatic rings. The Labute approximate surface area is 208 Å². The Balaban J connectivity index is 1.46. The Morgan fingerprint density at radius 3 is 2.24 bits per heavy atom. The fourth-order valence-electron chi connectivity index (χ4n) is 4.31. The third kappa shape index (κ3) is 5.70. The fourth-order valence-corrected chi connectivity index (χ4v) is 4.93. The molecule has 2 aromatic rings. The molecule has 0 unspecified atom stereocenters. The molecule has 0 saturated carbocycles. The standard InChI is InChI=1S/C23H25Cl2N7O2/c24-20-13-17(15-29-7-1-2-8-29)14-21(25)22(20)28-23(27-16-26)31-11-9-30(10-12-31)18-3-5-19(6-4-18)32(33)34/h3-6,13-14H,1-2,7-12,15H2,(H,27,28). The molecule has 0 aromatic heterocycles. The van der Waals surface area contributed by atoms with Crippen LogP contribution in [0.5, 0.6) is 0 Å². The number of nitro groups is 1. The number of nitro benzene ring substituents is 1. The second-order valence-corrected chi connectivity index (χ2v) is 9.13. The summed E-state index contributed by atoms with van der Waals surface area (Å²) in [5.74, 6) is 0.391.